The Hall–Kier alpha value is -1.88. The summed E-state index contributed by atoms with van der Waals surface area (Å²) in [5, 5.41) is 12.0. The lowest BCUT2D eigenvalue weighted by molar-refractivity contribution is -0.136. The van der Waals surface area contributed by atoms with Gasteiger partial charge in [-0.3, -0.25) is 4.79 Å². The number of halogens is 2. The van der Waals surface area contributed by atoms with Gasteiger partial charge in [-0.05, 0) is 45.3 Å². The Balaban J connectivity index is 2.10. The molecule has 0 fully saturated rings. The molecule has 104 valence electrons. The van der Waals surface area contributed by atoms with Crippen molar-refractivity contribution >= 4 is 27.6 Å². The standard InChI is InChI=1S/C15H13BrFNO2/c16-13-6-5-12(8-14(13)17)18-9-11-4-2-1-3-10(11)7-15(19)20/h1-6,8,18H,7,9H2,(H,19,20). The van der Waals surface area contributed by atoms with Crippen molar-refractivity contribution in [2.45, 2.75) is 13.0 Å². The molecule has 0 aliphatic carbocycles. The van der Waals surface area contributed by atoms with Gasteiger partial charge in [-0.25, -0.2) is 4.39 Å². The minimum Gasteiger partial charge on any atom is -0.481 e. The van der Waals surface area contributed by atoms with E-state index < -0.39 is 5.97 Å². The molecule has 0 amide bonds. The lowest BCUT2D eigenvalue weighted by Gasteiger charge is -2.10. The smallest absolute Gasteiger partial charge is 0.307 e. The molecular weight excluding hydrogens is 325 g/mol. The van der Waals surface area contributed by atoms with Crippen LogP contribution < -0.4 is 5.32 Å². The van der Waals surface area contributed by atoms with Crippen molar-refractivity contribution in [3.05, 3.63) is 63.9 Å². The van der Waals surface area contributed by atoms with Crippen LogP contribution in [0.1, 0.15) is 11.1 Å². The first-order valence-corrected chi connectivity index (χ1v) is 6.83. The third kappa shape index (κ3) is 3.81. The predicted molar refractivity (Wildman–Crippen MR) is 79.2 cm³/mol. The second-order valence-corrected chi connectivity index (χ2v) is 5.18. The summed E-state index contributed by atoms with van der Waals surface area (Å²) < 4.78 is 13.8. The first-order chi connectivity index (χ1) is 9.56. The molecule has 0 bridgehead atoms. The van der Waals surface area contributed by atoms with Gasteiger partial charge in [-0.2, -0.15) is 0 Å². The monoisotopic (exact) mass is 337 g/mol. The fraction of sp³-hybridized carbons (Fsp3) is 0.133. The van der Waals surface area contributed by atoms with Gasteiger partial charge in [-0.15, -0.1) is 0 Å². The summed E-state index contributed by atoms with van der Waals surface area (Å²) in [6.07, 6.45) is -0.0213. The maximum Gasteiger partial charge on any atom is 0.307 e. The first-order valence-electron chi connectivity index (χ1n) is 6.04. The van der Waals surface area contributed by atoms with Gasteiger partial charge >= 0.3 is 5.97 Å². The van der Waals surface area contributed by atoms with E-state index in [-0.39, 0.29) is 12.2 Å². The van der Waals surface area contributed by atoms with Crippen molar-refractivity contribution in [1.82, 2.24) is 0 Å². The second kappa shape index (κ2) is 6.52. The van der Waals surface area contributed by atoms with E-state index in [1.165, 1.54) is 6.07 Å². The summed E-state index contributed by atoms with van der Waals surface area (Å²) in [5.74, 6) is -1.21. The van der Waals surface area contributed by atoms with Gasteiger partial charge in [0.15, 0.2) is 0 Å². The van der Waals surface area contributed by atoms with Crippen molar-refractivity contribution in [2.75, 3.05) is 5.32 Å². The summed E-state index contributed by atoms with van der Waals surface area (Å²) in [4.78, 5) is 10.8. The van der Waals surface area contributed by atoms with Gasteiger partial charge in [0, 0.05) is 12.2 Å². The Morgan fingerprint density at radius 3 is 2.55 bits per heavy atom. The lowest BCUT2D eigenvalue weighted by atomic mass is 10.0. The van der Waals surface area contributed by atoms with E-state index in [4.69, 9.17) is 5.11 Å². The molecule has 3 nitrogen and oxygen atoms in total. The van der Waals surface area contributed by atoms with Crippen LogP contribution in [-0.4, -0.2) is 11.1 Å². The highest BCUT2D eigenvalue weighted by atomic mass is 79.9. The minimum atomic E-state index is -0.868. The van der Waals surface area contributed by atoms with Gasteiger partial charge in [-0.1, -0.05) is 24.3 Å². The van der Waals surface area contributed by atoms with Crippen molar-refractivity contribution in [3.63, 3.8) is 0 Å². The molecule has 0 aromatic heterocycles. The van der Waals surface area contributed by atoms with Gasteiger partial charge < -0.3 is 10.4 Å². The summed E-state index contributed by atoms with van der Waals surface area (Å²) in [6.45, 7) is 0.449. The first kappa shape index (κ1) is 14.5. The molecule has 0 heterocycles. The van der Waals surface area contributed by atoms with Crippen molar-refractivity contribution in [1.29, 1.82) is 0 Å². The topological polar surface area (TPSA) is 49.3 Å². The highest BCUT2D eigenvalue weighted by molar-refractivity contribution is 9.10. The number of hydrogen-bond donors (Lipinski definition) is 2. The Bertz CT molecular complexity index is 631. The molecule has 0 aliphatic rings. The number of aliphatic carboxylic acids is 1. The maximum absolute atomic E-state index is 13.4. The zero-order valence-electron chi connectivity index (χ0n) is 10.6. The second-order valence-electron chi connectivity index (χ2n) is 4.32. The van der Waals surface area contributed by atoms with Gasteiger partial charge in [0.05, 0.1) is 10.9 Å². The van der Waals surface area contributed by atoms with Crippen LogP contribution in [0, 0.1) is 5.82 Å². The average molecular weight is 338 g/mol. The van der Waals surface area contributed by atoms with Crippen molar-refractivity contribution in [3.8, 4) is 0 Å². The van der Waals surface area contributed by atoms with Gasteiger partial charge in [0.2, 0.25) is 0 Å². The Labute approximate surface area is 124 Å². The third-order valence-corrected chi connectivity index (χ3v) is 3.51. The molecule has 0 aliphatic heterocycles. The highest BCUT2D eigenvalue weighted by Gasteiger charge is 2.06. The number of carboxylic acids is 1. The number of hydrogen-bond acceptors (Lipinski definition) is 2. The van der Waals surface area contributed by atoms with E-state index in [0.29, 0.717) is 16.7 Å². The van der Waals surface area contributed by atoms with E-state index in [2.05, 4.69) is 21.2 Å². The lowest BCUT2D eigenvalue weighted by Crippen LogP contribution is -2.07. The minimum absolute atomic E-state index is 0.0213. The molecule has 20 heavy (non-hydrogen) atoms. The van der Waals surface area contributed by atoms with Gasteiger partial charge in [0.1, 0.15) is 5.82 Å². The summed E-state index contributed by atoms with van der Waals surface area (Å²) in [5.41, 5.74) is 2.29. The summed E-state index contributed by atoms with van der Waals surface area (Å²) in [7, 11) is 0. The normalized spacial score (nSPS) is 10.3. The number of nitrogens with one attached hydrogen (secondary N) is 1. The SMILES string of the molecule is O=C(O)Cc1ccccc1CNc1ccc(Br)c(F)c1. The molecule has 2 aromatic carbocycles. The Morgan fingerprint density at radius 2 is 1.90 bits per heavy atom. The molecule has 0 atom stereocenters. The third-order valence-electron chi connectivity index (χ3n) is 2.86. The van der Waals surface area contributed by atoms with Gasteiger partial charge in [0.25, 0.3) is 0 Å². The largest absolute Gasteiger partial charge is 0.481 e. The number of carbonyl (C=O) groups is 1. The van der Waals surface area contributed by atoms with E-state index in [1.54, 1.807) is 24.3 Å². The fourth-order valence-corrected chi connectivity index (χ4v) is 2.12. The van der Waals surface area contributed by atoms with Crippen molar-refractivity contribution < 1.29 is 14.3 Å². The number of carboxylic acid groups (broad SMARTS) is 1. The molecule has 0 unspecified atom stereocenters. The molecule has 0 saturated heterocycles. The molecule has 0 saturated carbocycles. The molecule has 0 spiro atoms. The van der Waals surface area contributed by atoms with Crippen LogP contribution in [0.15, 0.2) is 46.9 Å². The molecule has 5 heteroatoms. The van der Waals surface area contributed by atoms with E-state index in [0.717, 1.165) is 11.1 Å². The fourth-order valence-electron chi connectivity index (χ4n) is 1.87. The van der Waals surface area contributed by atoms with Crippen LogP contribution in [-0.2, 0) is 17.8 Å². The summed E-state index contributed by atoms with van der Waals surface area (Å²) >= 11 is 3.10. The number of rotatable bonds is 5. The quantitative estimate of drug-likeness (QED) is 0.871. The van der Waals surface area contributed by atoms with Crippen molar-refractivity contribution in [2.24, 2.45) is 0 Å². The predicted octanol–water partition coefficient (Wildman–Crippen LogP) is 3.83. The van der Waals surface area contributed by atoms with Crippen LogP contribution in [0.3, 0.4) is 0 Å². The summed E-state index contributed by atoms with van der Waals surface area (Å²) in [6, 6.07) is 12.1. The van der Waals surface area contributed by atoms with E-state index in [1.807, 2.05) is 12.1 Å². The zero-order valence-corrected chi connectivity index (χ0v) is 12.2. The average Bonchev–Trinajstić information content (AvgIpc) is 2.41. The van der Waals surface area contributed by atoms with Crippen LogP contribution >= 0.6 is 15.9 Å². The highest BCUT2D eigenvalue weighted by Crippen LogP contribution is 2.20. The van der Waals surface area contributed by atoms with Crippen LogP contribution in [0.2, 0.25) is 0 Å². The number of anilines is 1. The Morgan fingerprint density at radius 1 is 1.20 bits per heavy atom. The Kier molecular flexibility index (Phi) is 4.74. The maximum atomic E-state index is 13.4. The van der Waals surface area contributed by atoms with Crippen LogP contribution in [0.25, 0.3) is 0 Å². The van der Waals surface area contributed by atoms with Crippen LogP contribution in [0.4, 0.5) is 10.1 Å². The molecule has 2 N–H and O–H groups in total. The molecule has 0 radical (unpaired) electrons. The van der Waals surface area contributed by atoms with Crippen LogP contribution in [0.5, 0.6) is 0 Å². The van der Waals surface area contributed by atoms with E-state index >= 15 is 0 Å². The zero-order chi connectivity index (χ0) is 14.5. The van der Waals surface area contributed by atoms with E-state index in [9.17, 15) is 9.18 Å². The molecule has 2 rings (SSSR count). The molecule has 2 aromatic rings. The number of benzene rings is 2. The molecular formula is C15H13BrFNO2.